The van der Waals surface area contributed by atoms with Crippen molar-refractivity contribution in [2.75, 3.05) is 12.4 Å². The highest BCUT2D eigenvalue weighted by atomic mass is 16.5. The molecule has 0 saturated carbocycles. The normalized spacial score (nSPS) is 11.8. The Balaban J connectivity index is 2.31. The molecular weight excluding hydrogens is 266 g/mol. The first-order valence-electron chi connectivity index (χ1n) is 6.88. The van der Waals surface area contributed by atoms with Crippen molar-refractivity contribution in [3.8, 4) is 0 Å². The monoisotopic (exact) mass is 285 g/mol. The third-order valence-corrected chi connectivity index (χ3v) is 3.12. The van der Waals surface area contributed by atoms with E-state index in [2.05, 4.69) is 15.3 Å². The lowest BCUT2D eigenvalue weighted by molar-refractivity contribution is -0.141. The summed E-state index contributed by atoms with van der Waals surface area (Å²) in [5.74, 6) is 0.947. The van der Waals surface area contributed by atoms with Gasteiger partial charge in [0.05, 0.1) is 7.11 Å². The Bertz CT molecular complexity index is 614. The van der Waals surface area contributed by atoms with Crippen LogP contribution in [0.1, 0.15) is 30.0 Å². The van der Waals surface area contributed by atoms with E-state index in [1.54, 1.807) is 0 Å². The first kappa shape index (κ1) is 15.0. The average Bonchev–Trinajstić information content (AvgIpc) is 2.52. The number of aromatic nitrogens is 2. The number of aryl methyl sites for hydroxylation is 2. The van der Waals surface area contributed by atoms with Crippen molar-refractivity contribution in [3.05, 3.63) is 53.5 Å². The zero-order chi connectivity index (χ0) is 15.2. The molecule has 1 aromatic carbocycles. The molecule has 1 aromatic heterocycles. The van der Waals surface area contributed by atoms with Gasteiger partial charge in [-0.3, -0.25) is 0 Å². The number of benzene rings is 1. The van der Waals surface area contributed by atoms with Crippen molar-refractivity contribution in [3.63, 3.8) is 0 Å². The van der Waals surface area contributed by atoms with Gasteiger partial charge in [0.25, 0.3) is 0 Å². The number of anilines is 1. The van der Waals surface area contributed by atoms with Gasteiger partial charge in [0.15, 0.2) is 6.04 Å². The Morgan fingerprint density at radius 2 is 2.00 bits per heavy atom. The molecule has 21 heavy (non-hydrogen) atoms. The summed E-state index contributed by atoms with van der Waals surface area (Å²) < 4.78 is 4.88. The second kappa shape index (κ2) is 6.83. The fraction of sp³-hybridized carbons (Fsp3) is 0.312. The number of esters is 1. The number of ether oxygens (including phenoxy) is 1. The molecule has 1 heterocycles. The van der Waals surface area contributed by atoms with Crippen molar-refractivity contribution in [2.24, 2.45) is 0 Å². The highest BCUT2D eigenvalue weighted by Gasteiger charge is 2.21. The van der Waals surface area contributed by atoms with Crippen LogP contribution < -0.4 is 5.32 Å². The Morgan fingerprint density at radius 1 is 1.29 bits per heavy atom. The van der Waals surface area contributed by atoms with E-state index < -0.39 is 6.04 Å². The maximum Gasteiger partial charge on any atom is 0.333 e. The molecule has 0 radical (unpaired) electrons. The van der Waals surface area contributed by atoms with E-state index in [1.165, 1.54) is 7.11 Å². The molecule has 0 aliphatic carbocycles. The van der Waals surface area contributed by atoms with E-state index in [1.807, 2.05) is 50.2 Å². The molecule has 0 saturated heterocycles. The highest BCUT2D eigenvalue weighted by Crippen LogP contribution is 2.20. The molecule has 2 rings (SSSR count). The summed E-state index contributed by atoms with van der Waals surface area (Å²) in [6.07, 6.45) is 0.812. The van der Waals surface area contributed by atoms with E-state index in [4.69, 9.17) is 4.74 Å². The number of methoxy groups -OCH3 is 1. The van der Waals surface area contributed by atoms with Gasteiger partial charge < -0.3 is 10.1 Å². The largest absolute Gasteiger partial charge is 0.467 e. The van der Waals surface area contributed by atoms with Crippen molar-refractivity contribution < 1.29 is 9.53 Å². The Morgan fingerprint density at radius 3 is 2.62 bits per heavy atom. The zero-order valence-corrected chi connectivity index (χ0v) is 12.5. The third-order valence-electron chi connectivity index (χ3n) is 3.12. The quantitative estimate of drug-likeness (QED) is 0.856. The van der Waals surface area contributed by atoms with Gasteiger partial charge >= 0.3 is 5.97 Å². The summed E-state index contributed by atoms with van der Waals surface area (Å²) in [5, 5.41) is 3.14. The Hall–Kier alpha value is -2.43. The minimum Gasteiger partial charge on any atom is -0.467 e. The number of nitrogens with zero attached hydrogens (tertiary/aromatic N) is 2. The van der Waals surface area contributed by atoms with Crippen molar-refractivity contribution in [2.45, 2.75) is 26.3 Å². The van der Waals surface area contributed by atoms with Crippen LogP contribution in [0.25, 0.3) is 0 Å². The standard InChI is InChI=1S/C16H19N3O2/c1-4-13-10-14(18-11(2)17-13)19-15(16(20)21-3)12-8-6-5-7-9-12/h5-10,15H,4H2,1-3H3,(H,17,18,19). The van der Waals surface area contributed by atoms with E-state index in [9.17, 15) is 4.79 Å². The summed E-state index contributed by atoms with van der Waals surface area (Å²) >= 11 is 0. The molecule has 1 atom stereocenters. The summed E-state index contributed by atoms with van der Waals surface area (Å²) in [4.78, 5) is 20.7. The van der Waals surface area contributed by atoms with Gasteiger partial charge in [0, 0.05) is 11.8 Å². The lowest BCUT2D eigenvalue weighted by Gasteiger charge is -2.18. The van der Waals surface area contributed by atoms with Gasteiger partial charge in [0.2, 0.25) is 0 Å². The van der Waals surface area contributed by atoms with Gasteiger partial charge in [-0.15, -0.1) is 0 Å². The van der Waals surface area contributed by atoms with Crippen LogP contribution in [0.5, 0.6) is 0 Å². The molecule has 5 nitrogen and oxygen atoms in total. The first-order chi connectivity index (χ1) is 10.1. The third kappa shape index (κ3) is 3.78. The van der Waals surface area contributed by atoms with E-state index in [0.29, 0.717) is 11.6 Å². The average molecular weight is 285 g/mol. The SMILES string of the molecule is CCc1cc(NC(C(=O)OC)c2ccccc2)nc(C)n1. The zero-order valence-electron chi connectivity index (χ0n) is 12.5. The van der Waals surface area contributed by atoms with Crippen LogP contribution in [0, 0.1) is 6.92 Å². The van der Waals surface area contributed by atoms with Gasteiger partial charge in [-0.05, 0) is 18.9 Å². The van der Waals surface area contributed by atoms with Crippen molar-refractivity contribution in [1.82, 2.24) is 9.97 Å². The molecule has 0 fully saturated rings. The van der Waals surface area contributed by atoms with Crippen LogP contribution in [0.2, 0.25) is 0 Å². The molecule has 1 N–H and O–H groups in total. The predicted octanol–water partition coefficient (Wildman–Crippen LogP) is 2.67. The second-order valence-corrected chi connectivity index (χ2v) is 4.66. The molecule has 5 heteroatoms. The molecule has 0 amide bonds. The molecule has 0 bridgehead atoms. The van der Waals surface area contributed by atoms with Crippen LogP contribution in [-0.4, -0.2) is 23.0 Å². The maximum atomic E-state index is 12.0. The number of hydrogen-bond donors (Lipinski definition) is 1. The molecule has 110 valence electrons. The molecule has 1 unspecified atom stereocenters. The summed E-state index contributed by atoms with van der Waals surface area (Å²) in [5.41, 5.74) is 1.76. The highest BCUT2D eigenvalue weighted by molar-refractivity contribution is 5.80. The minimum atomic E-state index is -0.588. The van der Waals surface area contributed by atoms with Gasteiger partial charge in [-0.25, -0.2) is 14.8 Å². The number of nitrogens with one attached hydrogen (secondary N) is 1. The lowest BCUT2D eigenvalue weighted by atomic mass is 10.1. The first-order valence-corrected chi connectivity index (χ1v) is 6.88. The number of carbonyl (C=O) groups is 1. The fourth-order valence-corrected chi connectivity index (χ4v) is 2.07. The Labute approximate surface area is 124 Å². The van der Waals surface area contributed by atoms with Crippen LogP contribution in [0.4, 0.5) is 5.82 Å². The summed E-state index contributed by atoms with van der Waals surface area (Å²) in [6, 6.07) is 10.7. The van der Waals surface area contributed by atoms with E-state index in [0.717, 1.165) is 17.7 Å². The summed E-state index contributed by atoms with van der Waals surface area (Å²) in [7, 11) is 1.38. The minimum absolute atomic E-state index is 0.351. The van der Waals surface area contributed by atoms with Crippen molar-refractivity contribution >= 4 is 11.8 Å². The number of carbonyl (C=O) groups excluding carboxylic acids is 1. The predicted molar refractivity (Wildman–Crippen MR) is 81.0 cm³/mol. The van der Waals surface area contributed by atoms with Crippen LogP contribution in [0.3, 0.4) is 0 Å². The van der Waals surface area contributed by atoms with Gasteiger partial charge in [-0.2, -0.15) is 0 Å². The second-order valence-electron chi connectivity index (χ2n) is 4.66. The lowest BCUT2D eigenvalue weighted by Crippen LogP contribution is -2.23. The molecule has 0 spiro atoms. The smallest absolute Gasteiger partial charge is 0.333 e. The van der Waals surface area contributed by atoms with Gasteiger partial charge in [-0.1, -0.05) is 37.3 Å². The van der Waals surface area contributed by atoms with Crippen molar-refractivity contribution in [1.29, 1.82) is 0 Å². The molecule has 0 aliphatic heterocycles. The Kier molecular flexibility index (Phi) is 4.87. The maximum absolute atomic E-state index is 12.0. The van der Waals surface area contributed by atoms with E-state index in [-0.39, 0.29) is 5.97 Å². The van der Waals surface area contributed by atoms with Crippen LogP contribution in [0.15, 0.2) is 36.4 Å². The van der Waals surface area contributed by atoms with E-state index >= 15 is 0 Å². The topological polar surface area (TPSA) is 64.1 Å². The fourth-order valence-electron chi connectivity index (χ4n) is 2.07. The molecule has 0 aliphatic rings. The van der Waals surface area contributed by atoms with Crippen LogP contribution in [-0.2, 0) is 16.0 Å². The summed E-state index contributed by atoms with van der Waals surface area (Å²) in [6.45, 7) is 3.86. The number of rotatable bonds is 5. The van der Waals surface area contributed by atoms with Gasteiger partial charge in [0.1, 0.15) is 11.6 Å². The molecule has 2 aromatic rings. The number of hydrogen-bond acceptors (Lipinski definition) is 5. The molecular formula is C16H19N3O2. The van der Waals surface area contributed by atoms with Crippen LogP contribution >= 0.6 is 0 Å².